The van der Waals surface area contributed by atoms with Gasteiger partial charge in [-0.15, -0.1) is 10.2 Å². The quantitative estimate of drug-likeness (QED) is 0.584. The number of rotatable bonds is 6. The van der Waals surface area contributed by atoms with Gasteiger partial charge in [0.15, 0.2) is 11.5 Å². The van der Waals surface area contributed by atoms with Gasteiger partial charge >= 0.3 is 0 Å². The average Bonchev–Trinajstić information content (AvgIpc) is 2.77. The van der Waals surface area contributed by atoms with Crippen LogP contribution in [0.1, 0.15) is 17.4 Å². The fraction of sp³-hybridized carbons (Fsp3) is 0.318. The molecule has 10 heteroatoms. The lowest BCUT2D eigenvalue weighted by atomic mass is 10.1. The standard InChI is InChI=1S/C22H24ClFN6O2/c1-3-32-18-12-16-13(11-17(18)30-9-7-29(2)8-10-30)20(21(22(25)31)28-27-16)26-15-6-4-5-14(23)19(15)24/h4-6,11-12H,3,7-10H2,1-2H3,(H2,25,31)(H,26,27). The first-order valence-electron chi connectivity index (χ1n) is 10.3. The minimum Gasteiger partial charge on any atom is -0.492 e. The van der Waals surface area contributed by atoms with E-state index in [1.165, 1.54) is 12.1 Å². The number of aromatic nitrogens is 2. The van der Waals surface area contributed by atoms with Gasteiger partial charge in [-0.2, -0.15) is 0 Å². The van der Waals surface area contributed by atoms with E-state index in [2.05, 4.69) is 32.4 Å². The Balaban J connectivity index is 1.90. The maximum atomic E-state index is 14.6. The molecule has 1 aliphatic heterocycles. The summed E-state index contributed by atoms with van der Waals surface area (Å²) in [6.07, 6.45) is 0. The molecular formula is C22H24ClFN6O2. The summed E-state index contributed by atoms with van der Waals surface area (Å²) in [7, 11) is 2.08. The molecule has 0 atom stereocenters. The Kier molecular flexibility index (Phi) is 6.29. The van der Waals surface area contributed by atoms with Crippen LogP contribution in [0.3, 0.4) is 0 Å². The van der Waals surface area contributed by atoms with E-state index in [9.17, 15) is 9.18 Å². The van der Waals surface area contributed by atoms with E-state index in [4.69, 9.17) is 22.1 Å². The predicted octanol–water partition coefficient (Wildman–Crippen LogP) is 3.42. The molecule has 1 aliphatic rings. The maximum absolute atomic E-state index is 14.6. The van der Waals surface area contributed by atoms with Gasteiger partial charge in [0.25, 0.3) is 5.91 Å². The molecule has 0 unspecified atom stereocenters. The van der Waals surface area contributed by atoms with Crippen LogP contribution in [0.25, 0.3) is 10.9 Å². The number of fused-ring (bicyclic) bond motifs is 1. The average molecular weight is 459 g/mol. The van der Waals surface area contributed by atoms with Crippen molar-refractivity contribution in [2.45, 2.75) is 6.92 Å². The van der Waals surface area contributed by atoms with Crippen molar-refractivity contribution in [3.05, 3.63) is 46.9 Å². The van der Waals surface area contributed by atoms with Crippen molar-refractivity contribution in [3.8, 4) is 5.75 Å². The zero-order valence-corrected chi connectivity index (χ0v) is 18.6. The second-order valence-corrected chi connectivity index (χ2v) is 7.98. The van der Waals surface area contributed by atoms with Crippen LogP contribution in [-0.2, 0) is 0 Å². The predicted molar refractivity (Wildman–Crippen MR) is 124 cm³/mol. The first kappa shape index (κ1) is 22.0. The minimum absolute atomic E-state index is 0.0429. The van der Waals surface area contributed by atoms with Gasteiger partial charge in [-0.25, -0.2) is 4.39 Å². The highest BCUT2D eigenvalue weighted by Gasteiger charge is 2.23. The van der Waals surface area contributed by atoms with E-state index in [0.29, 0.717) is 23.3 Å². The van der Waals surface area contributed by atoms with Crippen LogP contribution < -0.4 is 20.7 Å². The number of ether oxygens (including phenoxy) is 1. The monoisotopic (exact) mass is 458 g/mol. The maximum Gasteiger partial charge on any atom is 0.271 e. The van der Waals surface area contributed by atoms with Crippen molar-refractivity contribution >= 4 is 45.5 Å². The van der Waals surface area contributed by atoms with Crippen LogP contribution in [0.15, 0.2) is 30.3 Å². The molecule has 1 fully saturated rings. The number of nitrogens with zero attached hydrogens (tertiary/aromatic N) is 4. The second-order valence-electron chi connectivity index (χ2n) is 7.57. The highest BCUT2D eigenvalue weighted by Crippen LogP contribution is 2.38. The van der Waals surface area contributed by atoms with Crippen molar-refractivity contribution in [1.82, 2.24) is 15.1 Å². The van der Waals surface area contributed by atoms with Gasteiger partial charge in [-0.1, -0.05) is 17.7 Å². The van der Waals surface area contributed by atoms with Gasteiger partial charge < -0.3 is 25.6 Å². The van der Waals surface area contributed by atoms with Crippen molar-refractivity contribution in [2.75, 3.05) is 50.1 Å². The summed E-state index contributed by atoms with van der Waals surface area (Å²) in [6, 6.07) is 8.24. The number of hydrogen-bond acceptors (Lipinski definition) is 7. The van der Waals surface area contributed by atoms with Crippen LogP contribution in [0.5, 0.6) is 5.75 Å². The van der Waals surface area contributed by atoms with E-state index in [-0.39, 0.29) is 22.1 Å². The third-order valence-corrected chi connectivity index (χ3v) is 5.72. The summed E-state index contributed by atoms with van der Waals surface area (Å²) in [5, 5.41) is 11.7. The molecule has 3 N–H and O–H groups in total. The number of piperazine rings is 1. The van der Waals surface area contributed by atoms with Crippen LogP contribution in [-0.4, -0.2) is 60.8 Å². The van der Waals surface area contributed by atoms with Gasteiger partial charge in [-0.3, -0.25) is 4.79 Å². The number of halogens is 2. The van der Waals surface area contributed by atoms with Crippen LogP contribution in [0.2, 0.25) is 5.02 Å². The number of carbonyl (C=O) groups is 1. The summed E-state index contributed by atoms with van der Waals surface area (Å²) < 4.78 is 20.5. The van der Waals surface area contributed by atoms with E-state index in [1.54, 1.807) is 12.1 Å². The fourth-order valence-electron chi connectivity index (χ4n) is 3.72. The summed E-state index contributed by atoms with van der Waals surface area (Å²) in [5.74, 6) is -0.746. The van der Waals surface area contributed by atoms with Crippen molar-refractivity contribution in [2.24, 2.45) is 5.73 Å². The van der Waals surface area contributed by atoms with E-state index in [0.717, 1.165) is 31.9 Å². The van der Waals surface area contributed by atoms with Crippen LogP contribution in [0.4, 0.5) is 21.5 Å². The lowest BCUT2D eigenvalue weighted by Crippen LogP contribution is -2.44. The zero-order chi connectivity index (χ0) is 22.8. The molecule has 1 saturated heterocycles. The first-order chi connectivity index (χ1) is 15.4. The van der Waals surface area contributed by atoms with Crippen molar-refractivity contribution in [3.63, 3.8) is 0 Å². The Morgan fingerprint density at radius 2 is 2.00 bits per heavy atom. The molecule has 0 radical (unpaired) electrons. The fourth-order valence-corrected chi connectivity index (χ4v) is 3.90. The number of nitrogens with one attached hydrogen (secondary N) is 1. The molecule has 0 bridgehead atoms. The molecule has 0 aliphatic carbocycles. The van der Waals surface area contributed by atoms with Gasteiger partial charge in [0.2, 0.25) is 0 Å². The van der Waals surface area contributed by atoms with E-state index < -0.39 is 11.7 Å². The Hall–Kier alpha value is -3.17. The summed E-state index contributed by atoms with van der Waals surface area (Å²) >= 11 is 5.93. The summed E-state index contributed by atoms with van der Waals surface area (Å²) in [5.41, 5.74) is 7.19. The molecule has 1 amide bonds. The second kappa shape index (κ2) is 9.13. The Morgan fingerprint density at radius 1 is 1.25 bits per heavy atom. The van der Waals surface area contributed by atoms with Crippen LogP contribution in [0, 0.1) is 5.82 Å². The minimum atomic E-state index is -0.778. The molecule has 0 spiro atoms. The third kappa shape index (κ3) is 4.26. The van der Waals surface area contributed by atoms with Gasteiger partial charge in [0.05, 0.1) is 34.2 Å². The first-order valence-corrected chi connectivity index (χ1v) is 10.7. The topological polar surface area (TPSA) is 96.6 Å². The number of likely N-dealkylation sites (N-methyl/N-ethyl adjacent to an activating group) is 1. The number of benzene rings is 2. The van der Waals surface area contributed by atoms with Gasteiger partial charge in [0, 0.05) is 37.6 Å². The third-order valence-electron chi connectivity index (χ3n) is 5.43. The summed E-state index contributed by atoms with van der Waals surface area (Å²) in [4.78, 5) is 16.6. The SMILES string of the molecule is CCOc1cc2nnc(C(N)=O)c(Nc3cccc(Cl)c3F)c2cc1N1CCN(C)CC1. The molecule has 3 aromatic rings. The molecular weight excluding hydrogens is 435 g/mol. The number of primary amides is 1. The normalized spacial score (nSPS) is 14.6. The van der Waals surface area contributed by atoms with Gasteiger partial charge in [0.1, 0.15) is 5.75 Å². The number of carbonyl (C=O) groups excluding carboxylic acids is 1. The number of amides is 1. The highest BCUT2D eigenvalue weighted by molar-refractivity contribution is 6.31. The van der Waals surface area contributed by atoms with Crippen LogP contribution >= 0.6 is 11.6 Å². The largest absolute Gasteiger partial charge is 0.492 e. The Morgan fingerprint density at radius 3 is 2.69 bits per heavy atom. The molecule has 2 heterocycles. The number of anilines is 3. The molecule has 8 nitrogen and oxygen atoms in total. The number of hydrogen-bond donors (Lipinski definition) is 2. The lowest BCUT2D eigenvalue weighted by molar-refractivity contribution is 0.0995. The molecule has 0 saturated carbocycles. The van der Waals surface area contributed by atoms with E-state index in [1.807, 2.05) is 13.0 Å². The Labute approximate surface area is 190 Å². The molecule has 32 heavy (non-hydrogen) atoms. The molecule has 168 valence electrons. The lowest BCUT2D eigenvalue weighted by Gasteiger charge is -2.35. The van der Waals surface area contributed by atoms with Gasteiger partial charge in [-0.05, 0) is 32.2 Å². The smallest absolute Gasteiger partial charge is 0.271 e. The molecule has 2 aromatic carbocycles. The van der Waals surface area contributed by atoms with Crippen molar-refractivity contribution in [1.29, 1.82) is 0 Å². The van der Waals surface area contributed by atoms with E-state index >= 15 is 0 Å². The number of nitrogens with two attached hydrogens (primary N) is 1. The summed E-state index contributed by atoms with van der Waals surface area (Å²) in [6.45, 7) is 5.84. The molecule has 4 rings (SSSR count). The highest BCUT2D eigenvalue weighted by atomic mass is 35.5. The Bertz CT molecular complexity index is 1170. The zero-order valence-electron chi connectivity index (χ0n) is 17.9. The molecule has 1 aromatic heterocycles. The van der Waals surface area contributed by atoms with Crippen molar-refractivity contribution < 1.29 is 13.9 Å².